The van der Waals surface area contributed by atoms with Crippen molar-refractivity contribution in [2.24, 2.45) is 11.8 Å². The van der Waals surface area contributed by atoms with E-state index in [1.807, 2.05) is 12.1 Å². The number of hydrogen-bond acceptors (Lipinski definition) is 4. The summed E-state index contributed by atoms with van der Waals surface area (Å²) >= 11 is 3.59. The molecule has 4 atom stereocenters. The average molecular weight is 537 g/mol. The second-order valence-corrected chi connectivity index (χ2v) is 11.5. The van der Waals surface area contributed by atoms with Gasteiger partial charge in [0.25, 0.3) is 0 Å². The number of esters is 1. The molecule has 1 amide bonds. The highest BCUT2D eigenvalue weighted by Crippen LogP contribution is 2.58. The molecule has 1 aliphatic heterocycles. The molecule has 2 N–H and O–H groups in total. The van der Waals surface area contributed by atoms with E-state index in [1.54, 1.807) is 0 Å². The molecule has 0 bridgehead atoms. The van der Waals surface area contributed by atoms with Crippen LogP contribution in [0.1, 0.15) is 109 Å². The van der Waals surface area contributed by atoms with Crippen LogP contribution in [-0.2, 0) is 15.0 Å². The molecule has 1 aromatic rings. The van der Waals surface area contributed by atoms with Crippen molar-refractivity contribution >= 4 is 27.8 Å². The summed E-state index contributed by atoms with van der Waals surface area (Å²) in [6, 6.07) is 3.65. The zero-order valence-electron chi connectivity index (χ0n) is 21.3. The molecule has 3 rings (SSSR count). The molecular formula is C28H42BrNO4. The largest absolute Gasteiger partial charge is 0.425 e. The summed E-state index contributed by atoms with van der Waals surface area (Å²) in [7, 11) is 0. The molecule has 1 fully saturated rings. The number of benzene rings is 1. The number of carbonyl (C=O) groups is 2. The van der Waals surface area contributed by atoms with Crippen LogP contribution in [-0.4, -0.2) is 29.6 Å². The van der Waals surface area contributed by atoms with Crippen molar-refractivity contribution in [2.75, 3.05) is 6.61 Å². The lowest BCUT2D eigenvalue weighted by atomic mass is 9.67. The summed E-state index contributed by atoms with van der Waals surface area (Å²) < 4.78 is 6.50. The van der Waals surface area contributed by atoms with Gasteiger partial charge in [0.15, 0.2) is 0 Å². The molecular weight excluding hydrogens is 494 g/mol. The predicted octanol–water partition coefficient (Wildman–Crippen LogP) is 6.39. The minimum absolute atomic E-state index is 0.00326. The maximum absolute atomic E-state index is 12.9. The maximum atomic E-state index is 12.9. The topological polar surface area (TPSA) is 75.6 Å². The van der Waals surface area contributed by atoms with E-state index in [9.17, 15) is 14.7 Å². The van der Waals surface area contributed by atoms with E-state index in [4.69, 9.17) is 4.74 Å². The van der Waals surface area contributed by atoms with Gasteiger partial charge in [0, 0.05) is 17.8 Å². The first-order chi connectivity index (χ1) is 16.2. The van der Waals surface area contributed by atoms with Gasteiger partial charge < -0.3 is 15.2 Å². The minimum atomic E-state index is -0.396. The van der Waals surface area contributed by atoms with Crippen LogP contribution in [0.3, 0.4) is 0 Å². The van der Waals surface area contributed by atoms with Gasteiger partial charge in [-0.1, -0.05) is 79.1 Å². The van der Waals surface area contributed by atoms with Crippen molar-refractivity contribution in [3.63, 3.8) is 0 Å². The average Bonchev–Trinajstić information content (AvgIpc) is 3.27. The highest BCUT2D eigenvalue weighted by atomic mass is 79.9. The van der Waals surface area contributed by atoms with Crippen molar-refractivity contribution in [3.8, 4) is 5.75 Å². The third-order valence-electron chi connectivity index (χ3n) is 8.20. The van der Waals surface area contributed by atoms with E-state index >= 15 is 0 Å². The fourth-order valence-electron chi connectivity index (χ4n) is 5.94. The van der Waals surface area contributed by atoms with Crippen molar-refractivity contribution < 1.29 is 19.4 Å². The third-order valence-corrected chi connectivity index (χ3v) is 8.82. The normalized spacial score (nSPS) is 25.4. The SMILES string of the molecule is CCCCCCCCCCCC(=O)Oc1cc2c(cc1Br)[C@@H]1[C@@H](CO)NC(=O)[C@@H]1[C@@]2(C)C(C)C. The molecule has 0 unspecified atom stereocenters. The Morgan fingerprint density at radius 3 is 2.32 bits per heavy atom. The van der Waals surface area contributed by atoms with Gasteiger partial charge in [-0.3, -0.25) is 9.59 Å². The first kappa shape index (κ1) is 27.2. The molecule has 0 aromatic heterocycles. The second-order valence-electron chi connectivity index (χ2n) is 10.7. The van der Waals surface area contributed by atoms with Crippen LogP contribution >= 0.6 is 15.9 Å². The number of ether oxygens (including phenoxy) is 1. The molecule has 0 saturated carbocycles. The van der Waals surface area contributed by atoms with Gasteiger partial charge in [-0.25, -0.2) is 0 Å². The number of aliphatic hydroxyl groups is 1. The van der Waals surface area contributed by atoms with Gasteiger partial charge in [0.1, 0.15) is 5.75 Å². The molecule has 1 saturated heterocycles. The third kappa shape index (κ3) is 5.53. The van der Waals surface area contributed by atoms with Crippen LogP contribution in [0, 0.1) is 11.8 Å². The number of hydrogen-bond donors (Lipinski definition) is 2. The zero-order chi connectivity index (χ0) is 24.9. The Morgan fingerprint density at radius 2 is 1.74 bits per heavy atom. The standard InChI is InChI=1S/C28H42BrNO4/c1-5-6-7-8-9-10-11-12-13-14-24(32)34-23-16-20-19(15-21(23)29)25-22(17-31)30-27(33)26(25)28(20,4)18(2)3/h15-16,18,22,25-26,31H,5-14,17H2,1-4H3,(H,30,33)/t22-,25-,26-,28+/m1/s1. The summed E-state index contributed by atoms with van der Waals surface area (Å²) in [4.78, 5) is 25.5. The van der Waals surface area contributed by atoms with Crippen LogP contribution in [0.25, 0.3) is 0 Å². The smallest absolute Gasteiger partial charge is 0.311 e. The van der Waals surface area contributed by atoms with Gasteiger partial charge in [-0.15, -0.1) is 0 Å². The van der Waals surface area contributed by atoms with Crippen molar-refractivity contribution in [1.29, 1.82) is 0 Å². The fraction of sp³-hybridized carbons (Fsp3) is 0.714. The summed E-state index contributed by atoms with van der Waals surface area (Å²) in [6.45, 7) is 8.53. The molecule has 2 aliphatic rings. The van der Waals surface area contributed by atoms with Crippen LogP contribution in [0.15, 0.2) is 16.6 Å². The first-order valence-corrected chi connectivity index (χ1v) is 14.0. The van der Waals surface area contributed by atoms with Crippen LogP contribution in [0.2, 0.25) is 0 Å². The number of amides is 1. The molecule has 5 nitrogen and oxygen atoms in total. The highest BCUT2D eigenvalue weighted by Gasteiger charge is 2.60. The Balaban J connectivity index is 1.63. The van der Waals surface area contributed by atoms with E-state index in [-0.39, 0.29) is 42.3 Å². The lowest BCUT2D eigenvalue weighted by molar-refractivity contribution is -0.134. The van der Waals surface area contributed by atoms with Crippen molar-refractivity contribution in [3.05, 3.63) is 27.7 Å². The molecule has 1 aromatic carbocycles. The van der Waals surface area contributed by atoms with Crippen LogP contribution < -0.4 is 10.1 Å². The van der Waals surface area contributed by atoms with Crippen LogP contribution in [0.5, 0.6) is 5.75 Å². The predicted molar refractivity (Wildman–Crippen MR) is 139 cm³/mol. The summed E-state index contributed by atoms with van der Waals surface area (Å²) in [5, 5.41) is 12.9. The Bertz CT molecular complexity index is 870. The number of unbranched alkanes of at least 4 members (excludes halogenated alkanes) is 8. The summed E-state index contributed by atoms with van der Waals surface area (Å²) in [5.41, 5.74) is 1.72. The van der Waals surface area contributed by atoms with Gasteiger partial charge in [0.05, 0.1) is 23.0 Å². The monoisotopic (exact) mass is 535 g/mol. The number of halogens is 1. The minimum Gasteiger partial charge on any atom is -0.425 e. The van der Waals surface area contributed by atoms with Crippen molar-refractivity contribution in [2.45, 2.75) is 109 Å². The quantitative estimate of drug-likeness (QED) is 0.174. The Morgan fingerprint density at radius 1 is 1.12 bits per heavy atom. The highest BCUT2D eigenvalue weighted by molar-refractivity contribution is 9.10. The van der Waals surface area contributed by atoms with E-state index in [1.165, 1.54) is 44.9 Å². The molecule has 1 heterocycles. The number of nitrogens with one attached hydrogen (secondary N) is 1. The molecule has 190 valence electrons. The zero-order valence-corrected chi connectivity index (χ0v) is 22.9. The first-order valence-electron chi connectivity index (χ1n) is 13.2. The Labute approximate surface area is 213 Å². The van der Waals surface area contributed by atoms with Gasteiger partial charge in [-0.05, 0) is 51.5 Å². The summed E-state index contributed by atoms with van der Waals surface area (Å²) in [5.74, 6) is 0.196. The Kier molecular flexibility index (Phi) is 9.62. The maximum Gasteiger partial charge on any atom is 0.311 e. The molecule has 0 spiro atoms. The van der Waals surface area contributed by atoms with E-state index in [0.29, 0.717) is 12.2 Å². The number of aliphatic hydroxyl groups excluding tert-OH is 1. The van der Waals surface area contributed by atoms with Gasteiger partial charge in [0.2, 0.25) is 5.91 Å². The van der Waals surface area contributed by atoms with E-state index in [0.717, 1.165) is 28.4 Å². The van der Waals surface area contributed by atoms with Crippen molar-refractivity contribution in [1.82, 2.24) is 5.32 Å². The van der Waals surface area contributed by atoms with Crippen LogP contribution in [0.4, 0.5) is 0 Å². The number of fused-ring (bicyclic) bond motifs is 3. The lowest BCUT2D eigenvalue weighted by Gasteiger charge is -2.35. The molecule has 34 heavy (non-hydrogen) atoms. The van der Waals surface area contributed by atoms with Gasteiger partial charge in [-0.2, -0.15) is 0 Å². The second kappa shape index (κ2) is 12.0. The van der Waals surface area contributed by atoms with E-state index < -0.39 is 5.41 Å². The molecule has 1 aliphatic carbocycles. The lowest BCUT2D eigenvalue weighted by Crippen LogP contribution is -2.39. The summed E-state index contributed by atoms with van der Waals surface area (Å²) in [6.07, 6.45) is 11.3. The number of rotatable bonds is 13. The molecule has 0 radical (unpaired) electrons. The molecule has 6 heteroatoms. The Hall–Kier alpha value is -1.40. The number of carbonyl (C=O) groups excluding carboxylic acids is 2. The van der Waals surface area contributed by atoms with Gasteiger partial charge >= 0.3 is 5.97 Å². The fourth-order valence-corrected chi connectivity index (χ4v) is 6.38. The van der Waals surface area contributed by atoms with E-state index in [2.05, 4.69) is 48.9 Å².